The van der Waals surface area contributed by atoms with Gasteiger partial charge in [-0.15, -0.1) is 5.06 Å². The van der Waals surface area contributed by atoms with Crippen LogP contribution in [-0.2, 0) is 38.2 Å². The van der Waals surface area contributed by atoms with Crippen LogP contribution in [0, 0.1) is 10.8 Å². The number of carbonyl (C=O) groups excluding carboxylic acids is 4. The number of imide groups is 1. The quantitative estimate of drug-likeness (QED) is 0.107. The van der Waals surface area contributed by atoms with Crippen LogP contribution in [0.4, 0.5) is 0 Å². The van der Waals surface area contributed by atoms with E-state index in [1.54, 1.807) is 27.7 Å². The van der Waals surface area contributed by atoms with Gasteiger partial charge in [0.15, 0.2) is 0 Å². The fraction of sp³-hybridized carbons (Fsp3) is 0.852. The molecule has 0 unspecified atom stereocenters. The molecule has 1 rings (SSSR count). The summed E-state index contributed by atoms with van der Waals surface area (Å²) in [6.07, 6.45) is 1.53. The second-order valence-electron chi connectivity index (χ2n) is 12.1. The molecule has 1 heterocycles. The molecular formula is C27H48INO8. The van der Waals surface area contributed by atoms with Crippen LogP contribution in [0.5, 0.6) is 0 Å². The predicted molar refractivity (Wildman–Crippen MR) is 150 cm³/mol. The van der Waals surface area contributed by atoms with Crippen LogP contribution in [-0.4, -0.2) is 64.3 Å². The molecule has 0 aliphatic carbocycles. The van der Waals surface area contributed by atoms with Crippen LogP contribution in [0.3, 0.4) is 0 Å². The van der Waals surface area contributed by atoms with Gasteiger partial charge in [-0.25, -0.2) is 4.79 Å². The Morgan fingerprint density at radius 1 is 0.811 bits per heavy atom. The smallest absolute Gasteiger partial charge is 0.338 e. The lowest BCUT2D eigenvalue weighted by atomic mass is 9.75. The molecule has 0 spiro atoms. The molecule has 0 aromatic carbocycles. The van der Waals surface area contributed by atoms with Gasteiger partial charge in [0.05, 0.1) is 41.3 Å². The summed E-state index contributed by atoms with van der Waals surface area (Å²) in [4.78, 5) is 55.9. The van der Waals surface area contributed by atoms with Crippen molar-refractivity contribution >= 4 is 46.3 Å². The van der Waals surface area contributed by atoms with E-state index >= 15 is 0 Å². The molecule has 10 heteroatoms. The Balaban J connectivity index is 0.00000631. The average Bonchev–Trinajstić information content (AvgIpc) is 3.05. The third kappa shape index (κ3) is 12.9. The van der Waals surface area contributed by atoms with Gasteiger partial charge in [0.25, 0.3) is 11.8 Å². The summed E-state index contributed by atoms with van der Waals surface area (Å²) in [5.41, 5.74) is -2.90. The largest absolute Gasteiger partial charge is 0.465 e. The van der Waals surface area contributed by atoms with Crippen LogP contribution in [0.2, 0.25) is 0 Å². The zero-order valence-corrected chi connectivity index (χ0v) is 26.8. The molecule has 0 atom stereocenters. The molecule has 37 heavy (non-hydrogen) atoms. The molecule has 1 aliphatic heterocycles. The number of nitrogens with zero attached hydrogens (tertiary/aromatic N) is 1. The topological polar surface area (TPSA) is 108 Å². The summed E-state index contributed by atoms with van der Waals surface area (Å²) >= 11 is 2.15. The van der Waals surface area contributed by atoms with Gasteiger partial charge < -0.3 is 19.0 Å². The molecule has 216 valence electrons. The van der Waals surface area contributed by atoms with Crippen molar-refractivity contribution in [2.24, 2.45) is 10.8 Å². The predicted octanol–water partition coefficient (Wildman–Crippen LogP) is 5.41. The van der Waals surface area contributed by atoms with Gasteiger partial charge in [0.1, 0.15) is 0 Å². The van der Waals surface area contributed by atoms with Gasteiger partial charge in [-0.1, -0.05) is 22.6 Å². The first-order valence-corrected chi connectivity index (χ1v) is 14.9. The minimum atomic E-state index is -1.13. The maximum Gasteiger partial charge on any atom is 0.338 e. The van der Waals surface area contributed by atoms with Crippen molar-refractivity contribution in [3.05, 3.63) is 0 Å². The lowest BCUT2D eigenvalue weighted by molar-refractivity contribution is -0.205. The zero-order valence-electron chi connectivity index (χ0n) is 24.6. The lowest BCUT2D eigenvalue weighted by Gasteiger charge is -2.33. The number of halogens is 1. The average molecular weight is 642 g/mol. The maximum atomic E-state index is 12.8. The number of ether oxygens (including phenoxy) is 3. The molecule has 1 fully saturated rings. The highest BCUT2D eigenvalue weighted by Gasteiger charge is 2.44. The van der Waals surface area contributed by atoms with Gasteiger partial charge in [0.2, 0.25) is 0 Å². The van der Waals surface area contributed by atoms with E-state index in [0.29, 0.717) is 18.1 Å². The highest BCUT2D eigenvalue weighted by atomic mass is 127. The minimum Gasteiger partial charge on any atom is -0.465 e. The summed E-state index contributed by atoms with van der Waals surface area (Å²) in [5, 5.41) is 0.521. The summed E-state index contributed by atoms with van der Waals surface area (Å²) in [6, 6.07) is 0. The number of hydrogen-bond acceptors (Lipinski definition) is 8. The highest BCUT2D eigenvalue weighted by Crippen LogP contribution is 2.36. The van der Waals surface area contributed by atoms with Gasteiger partial charge in [-0.3, -0.25) is 14.4 Å². The maximum absolute atomic E-state index is 12.8. The van der Waals surface area contributed by atoms with Crippen molar-refractivity contribution in [2.45, 2.75) is 119 Å². The fourth-order valence-electron chi connectivity index (χ4n) is 4.04. The monoisotopic (exact) mass is 641 g/mol. The SMILES string of the molecule is CC(C)OC(C)(C)CCOC(C)(C)CCOC(=O)C(C)(C)CC(C)(C)C(=O)ON1C(=O)CCC1=O.CI. The Hall–Kier alpha value is -1.27. The number of carbonyl (C=O) groups is 4. The van der Waals surface area contributed by atoms with Crippen molar-refractivity contribution < 1.29 is 38.2 Å². The fourth-order valence-corrected chi connectivity index (χ4v) is 4.04. The molecule has 0 aromatic heterocycles. The van der Waals surface area contributed by atoms with Crippen LogP contribution >= 0.6 is 22.6 Å². The normalized spacial score (nSPS) is 15.0. The number of hydroxylamine groups is 2. The Labute approximate surface area is 236 Å². The van der Waals surface area contributed by atoms with E-state index in [9.17, 15) is 19.2 Å². The molecule has 2 amide bonds. The van der Waals surface area contributed by atoms with Crippen molar-refractivity contribution in [1.82, 2.24) is 5.06 Å². The van der Waals surface area contributed by atoms with Crippen LogP contribution in [0.25, 0.3) is 0 Å². The van der Waals surface area contributed by atoms with E-state index < -0.39 is 40.2 Å². The van der Waals surface area contributed by atoms with Crippen LogP contribution in [0.1, 0.15) is 101 Å². The van der Waals surface area contributed by atoms with Gasteiger partial charge >= 0.3 is 11.9 Å². The van der Waals surface area contributed by atoms with E-state index in [2.05, 4.69) is 22.6 Å². The molecule has 0 bridgehead atoms. The Kier molecular flexibility index (Phi) is 14.3. The van der Waals surface area contributed by atoms with Gasteiger partial charge in [-0.2, -0.15) is 0 Å². The molecule has 1 saturated heterocycles. The Morgan fingerprint density at radius 3 is 1.76 bits per heavy atom. The van der Waals surface area contributed by atoms with Crippen LogP contribution < -0.4 is 0 Å². The second kappa shape index (κ2) is 14.8. The zero-order chi connectivity index (χ0) is 29.2. The minimum absolute atomic E-state index is 0.0217. The molecule has 0 radical (unpaired) electrons. The van der Waals surface area contributed by atoms with Crippen molar-refractivity contribution in [1.29, 1.82) is 0 Å². The number of rotatable bonds is 14. The third-order valence-corrected chi connectivity index (χ3v) is 5.86. The van der Waals surface area contributed by atoms with E-state index in [1.165, 1.54) is 0 Å². The lowest BCUT2D eigenvalue weighted by Crippen LogP contribution is -2.41. The molecule has 0 N–H and O–H groups in total. The Morgan fingerprint density at radius 2 is 1.27 bits per heavy atom. The van der Waals surface area contributed by atoms with Crippen LogP contribution in [0.15, 0.2) is 0 Å². The number of esters is 1. The summed E-state index contributed by atoms with van der Waals surface area (Å²) in [7, 11) is 0. The number of amides is 2. The summed E-state index contributed by atoms with van der Waals surface area (Å²) in [5.74, 6) is -2.29. The first kappa shape index (κ1) is 35.7. The van der Waals surface area contributed by atoms with Crippen molar-refractivity contribution in [3.8, 4) is 0 Å². The standard InChI is InChI=1S/C26H45NO8.CH3I/c1-18(2)34-26(9,10)14-16-33-25(7,8)13-15-32-21(30)23(3,4)17-24(5,6)22(31)35-27-19(28)11-12-20(27)29;1-2/h18H,11-17H2,1-10H3;1H3. The van der Waals surface area contributed by atoms with Crippen molar-refractivity contribution in [2.75, 3.05) is 18.1 Å². The molecule has 1 aliphatic rings. The second-order valence-corrected chi connectivity index (χ2v) is 12.1. The van der Waals surface area contributed by atoms with E-state index in [-0.39, 0.29) is 37.6 Å². The van der Waals surface area contributed by atoms with E-state index in [0.717, 1.165) is 6.42 Å². The number of hydrogen-bond donors (Lipinski definition) is 0. The van der Waals surface area contributed by atoms with Gasteiger partial charge in [-0.05, 0) is 87.0 Å². The number of alkyl halides is 1. The molecular weight excluding hydrogens is 593 g/mol. The first-order valence-electron chi connectivity index (χ1n) is 12.7. The molecule has 0 saturated carbocycles. The van der Waals surface area contributed by atoms with E-state index in [1.807, 2.05) is 46.5 Å². The first-order chi connectivity index (χ1) is 16.8. The molecule has 9 nitrogen and oxygen atoms in total. The van der Waals surface area contributed by atoms with Crippen molar-refractivity contribution in [3.63, 3.8) is 0 Å². The summed E-state index contributed by atoms with van der Waals surface area (Å²) in [6.45, 7) is 19.2. The Bertz CT molecular complexity index is 773. The van der Waals surface area contributed by atoms with E-state index in [4.69, 9.17) is 19.0 Å². The third-order valence-electron chi connectivity index (χ3n) is 5.86. The van der Waals surface area contributed by atoms with Gasteiger partial charge in [0, 0.05) is 19.3 Å². The summed E-state index contributed by atoms with van der Waals surface area (Å²) < 4.78 is 17.4. The highest BCUT2D eigenvalue weighted by molar-refractivity contribution is 14.1. The molecule has 0 aromatic rings.